The Morgan fingerprint density at radius 1 is 1.19 bits per heavy atom. The van der Waals surface area contributed by atoms with Crippen molar-refractivity contribution in [3.63, 3.8) is 0 Å². The Kier molecular flexibility index (Phi) is 5.02. The molecule has 4 heteroatoms. The minimum absolute atomic E-state index is 0.0376. The molecule has 2 rings (SSSR count). The highest BCUT2D eigenvalue weighted by Crippen LogP contribution is 2.25. The molecule has 0 atom stereocenters. The zero-order valence-electron chi connectivity index (χ0n) is 12.4. The quantitative estimate of drug-likeness (QED) is 0.897. The first-order valence-electron chi connectivity index (χ1n) is 6.69. The number of anilines is 1. The number of benzene rings is 2. The number of carbonyl (C=O) groups excluding carboxylic acids is 1. The van der Waals surface area contributed by atoms with Crippen molar-refractivity contribution < 1.29 is 9.53 Å². The summed E-state index contributed by atoms with van der Waals surface area (Å²) in [6, 6.07) is 11.5. The molecule has 0 aliphatic carbocycles. The van der Waals surface area contributed by atoms with Gasteiger partial charge in [-0.05, 0) is 54.8 Å². The van der Waals surface area contributed by atoms with E-state index in [2.05, 4.69) is 21.2 Å². The van der Waals surface area contributed by atoms with E-state index in [-0.39, 0.29) is 5.91 Å². The highest BCUT2D eigenvalue weighted by Gasteiger charge is 2.07. The van der Waals surface area contributed by atoms with Crippen LogP contribution in [0, 0.1) is 13.8 Å². The van der Waals surface area contributed by atoms with Crippen LogP contribution in [-0.2, 0) is 11.2 Å². The van der Waals surface area contributed by atoms with Gasteiger partial charge in [-0.25, -0.2) is 0 Å². The van der Waals surface area contributed by atoms with E-state index in [1.54, 1.807) is 7.11 Å². The van der Waals surface area contributed by atoms with Gasteiger partial charge in [-0.2, -0.15) is 0 Å². The maximum atomic E-state index is 12.1. The molecule has 0 unspecified atom stereocenters. The Hall–Kier alpha value is -1.81. The first kappa shape index (κ1) is 15.6. The van der Waals surface area contributed by atoms with Crippen LogP contribution in [0.1, 0.15) is 16.7 Å². The van der Waals surface area contributed by atoms with Crippen LogP contribution in [0.5, 0.6) is 5.75 Å². The Morgan fingerprint density at radius 3 is 2.48 bits per heavy atom. The summed E-state index contributed by atoms with van der Waals surface area (Å²) in [5.74, 6) is 0.722. The molecular weight excluding hydrogens is 330 g/mol. The van der Waals surface area contributed by atoms with E-state index in [9.17, 15) is 4.79 Å². The third-order valence-corrected chi connectivity index (χ3v) is 4.47. The lowest BCUT2D eigenvalue weighted by atomic mass is 10.1. The lowest BCUT2D eigenvalue weighted by molar-refractivity contribution is -0.115. The van der Waals surface area contributed by atoms with Crippen molar-refractivity contribution in [3.8, 4) is 5.75 Å². The van der Waals surface area contributed by atoms with Crippen LogP contribution in [0.25, 0.3) is 0 Å². The predicted molar refractivity (Wildman–Crippen MR) is 88.9 cm³/mol. The van der Waals surface area contributed by atoms with Crippen LogP contribution < -0.4 is 10.1 Å². The van der Waals surface area contributed by atoms with Gasteiger partial charge in [-0.15, -0.1) is 0 Å². The van der Waals surface area contributed by atoms with E-state index in [1.807, 2.05) is 50.2 Å². The molecule has 21 heavy (non-hydrogen) atoms. The molecule has 0 aliphatic rings. The molecule has 1 N–H and O–H groups in total. The Labute approximate surface area is 133 Å². The smallest absolute Gasteiger partial charge is 0.228 e. The molecule has 0 aliphatic heterocycles. The number of hydrogen-bond donors (Lipinski definition) is 1. The van der Waals surface area contributed by atoms with Gasteiger partial charge in [-0.1, -0.05) is 28.1 Å². The number of rotatable bonds is 4. The van der Waals surface area contributed by atoms with E-state index in [4.69, 9.17) is 4.74 Å². The van der Waals surface area contributed by atoms with E-state index < -0.39 is 0 Å². The van der Waals surface area contributed by atoms with Gasteiger partial charge in [0.1, 0.15) is 5.75 Å². The average Bonchev–Trinajstić information content (AvgIpc) is 2.44. The second kappa shape index (κ2) is 6.76. The molecular formula is C17H18BrNO2. The maximum absolute atomic E-state index is 12.1. The van der Waals surface area contributed by atoms with Gasteiger partial charge in [0.2, 0.25) is 5.91 Å². The lowest BCUT2D eigenvalue weighted by Gasteiger charge is -2.10. The Balaban J connectivity index is 2.08. The molecule has 0 fully saturated rings. The Morgan fingerprint density at radius 2 is 1.86 bits per heavy atom. The molecule has 0 bridgehead atoms. The van der Waals surface area contributed by atoms with E-state index >= 15 is 0 Å². The van der Waals surface area contributed by atoms with Gasteiger partial charge >= 0.3 is 0 Å². The topological polar surface area (TPSA) is 38.3 Å². The van der Waals surface area contributed by atoms with Crippen LogP contribution in [0.3, 0.4) is 0 Å². The molecule has 0 aromatic heterocycles. The molecule has 3 nitrogen and oxygen atoms in total. The number of halogens is 1. The number of amides is 1. The highest BCUT2D eigenvalue weighted by atomic mass is 79.9. The van der Waals surface area contributed by atoms with Crippen LogP contribution in [0.2, 0.25) is 0 Å². The zero-order valence-corrected chi connectivity index (χ0v) is 14.0. The van der Waals surface area contributed by atoms with Crippen LogP contribution in [0.4, 0.5) is 5.69 Å². The summed E-state index contributed by atoms with van der Waals surface area (Å²) < 4.78 is 6.24. The van der Waals surface area contributed by atoms with Gasteiger partial charge in [0.25, 0.3) is 0 Å². The lowest BCUT2D eigenvalue weighted by Crippen LogP contribution is -2.14. The third-order valence-electron chi connectivity index (χ3n) is 3.22. The normalized spacial score (nSPS) is 10.3. The van der Waals surface area contributed by atoms with E-state index in [1.165, 1.54) is 0 Å². The molecule has 0 saturated heterocycles. The van der Waals surface area contributed by atoms with Crippen LogP contribution >= 0.6 is 15.9 Å². The summed E-state index contributed by atoms with van der Waals surface area (Å²) in [4.78, 5) is 12.1. The highest BCUT2D eigenvalue weighted by molar-refractivity contribution is 9.10. The van der Waals surface area contributed by atoms with Crippen molar-refractivity contribution in [1.29, 1.82) is 0 Å². The molecule has 0 radical (unpaired) electrons. The first-order chi connectivity index (χ1) is 9.99. The SMILES string of the molecule is COc1cccc(CC(=O)Nc2cc(C)c(Br)c(C)c2)c1. The fraction of sp³-hybridized carbons (Fsp3) is 0.235. The standard InChI is InChI=1S/C17H18BrNO2/c1-11-7-14(8-12(2)17(11)18)19-16(20)10-13-5-4-6-15(9-13)21-3/h4-9H,10H2,1-3H3,(H,19,20). The summed E-state index contributed by atoms with van der Waals surface area (Å²) in [5.41, 5.74) is 3.96. The van der Waals surface area contributed by atoms with E-state index in [0.29, 0.717) is 6.42 Å². The summed E-state index contributed by atoms with van der Waals surface area (Å²) in [5, 5.41) is 2.94. The molecule has 0 spiro atoms. The van der Waals surface area contributed by atoms with Gasteiger partial charge in [0.05, 0.1) is 13.5 Å². The zero-order chi connectivity index (χ0) is 15.4. The van der Waals surface area contributed by atoms with Crippen molar-refractivity contribution in [3.05, 3.63) is 57.6 Å². The number of methoxy groups -OCH3 is 1. The van der Waals surface area contributed by atoms with Crippen molar-refractivity contribution in [1.82, 2.24) is 0 Å². The van der Waals surface area contributed by atoms with Gasteiger partial charge in [0, 0.05) is 10.2 Å². The van der Waals surface area contributed by atoms with Gasteiger partial charge in [-0.3, -0.25) is 4.79 Å². The number of hydrogen-bond acceptors (Lipinski definition) is 2. The van der Waals surface area contributed by atoms with Gasteiger partial charge in [0.15, 0.2) is 0 Å². The first-order valence-corrected chi connectivity index (χ1v) is 7.48. The van der Waals surface area contributed by atoms with Crippen LogP contribution in [-0.4, -0.2) is 13.0 Å². The second-order valence-corrected chi connectivity index (χ2v) is 5.79. The van der Waals surface area contributed by atoms with Gasteiger partial charge < -0.3 is 10.1 Å². The minimum atomic E-state index is -0.0376. The van der Waals surface area contributed by atoms with Crippen molar-refractivity contribution in [2.75, 3.05) is 12.4 Å². The average molecular weight is 348 g/mol. The molecule has 1 amide bonds. The second-order valence-electron chi connectivity index (χ2n) is 5.00. The summed E-state index contributed by atoms with van der Waals surface area (Å²) >= 11 is 3.52. The van der Waals surface area contributed by atoms with Crippen molar-refractivity contribution >= 4 is 27.5 Å². The largest absolute Gasteiger partial charge is 0.497 e. The fourth-order valence-corrected chi connectivity index (χ4v) is 2.42. The van der Waals surface area contributed by atoms with Crippen LogP contribution in [0.15, 0.2) is 40.9 Å². The monoisotopic (exact) mass is 347 g/mol. The predicted octanol–water partition coefficient (Wildman–Crippen LogP) is 4.26. The number of nitrogens with one attached hydrogen (secondary N) is 1. The van der Waals surface area contributed by atoms with Crippen molar-refractivity contribution in [2.45, 2.75) is 20.3 Å². The van der Waals surface area contributed by atoms with Crippen molar-refractivity contribution in [2.24, 2.45) is 0 Å². The molecule has 110 valence electrons. The number of carbonyl (C=O) groups is 1. The summed E-state index contributed by atoms with van der Waals surface area (Å²) in [7, 11) is 1.62. The number of aryl methyl sites for hydroxylation is 2. The number of ether oxygens (including phenoxy) is 1. The molecule has 0 heterocycles. The summed E-state index contributed by atoms with van der Waals surface area (Å²) in [6.07, 6.45) is 0.325. The minimum Gasteiger partial charge on any atom is -0.497 e. The third kappa shape index (κ3) is 4.08. The van der Waals surface area contributed by atoms with E-state index in [0.717, 1.165) is 32.6 Å². The fourth-order valence-electron chi connectivity index (χ4n) is 2.19. The summed E-state index contributed by atoms with van der Waals surface area (Å²) in [6.45, 7) is 4.02. The maximum Gasteiger partial charge on any atom is 0.228 e. The molecule has 0 saturated carbocycles. The molecule has 2 aromatic rings. The Bertz CT molecular complexity index is 645. The molecule has 2 aromatic carbocycles.